The number of rotatable bonds is 2. The van der Waals surface area contributed by atoms with Crippen LogP contribution in [-0.4, -0.2) is 12.7 Å². The zero-order valence-electron chi connectivity index (χ0n) is 7.43. The standard InChI is InChI=1S/C8H8BF3O2/c1-5-2-3-6(8(10,11)12)4-7(5)14-9-13/h2-4,9,13H,1H3. The summed E-state index contributed by atoms with van der Waals surface area (Å²) >= 11 is 0. The van der Waals surface area contributed by atoms with E-state index in [-0.39, 0.29) is 5.75 Å². The first-order valence-corrected chi connectivity index (χ1v) is 3.86. The molecule has 0 atom stereocenters. The monoisotopic (exact) mass is 204 g/mol. The molecule has 0 spiro atoms. The molecule has 0 aliphatic rings. The van der Waals surface area contributed by atoms with Crippen LogP contribution in [0.15, 0.2) is 18.2 Å². The molecule has 14 heavy (non-hydrogen) atoms. The Kier molecular flexibility index (Phi) is 3.05. The maximum absolute atomic E-state index is 12.2. The molecule has 0 aliphatic heterocycles. The van der Waals surface area contributed by atoms with E-state index in [2.05, 4.69) is 4.65 Å². The summed E-state index contributed by atoms with van der Waals surface area (Å²) in [6.07, 6.45) is -4.39. The zero-order valence-corrected chi connectivity index (χ0v) is 7.43. The molecule has 6 heteroatoms. The molecule has 76 valence electrons. The highest BCUT2D eigenvalue weighted by atomic mass is 19.4. The van der Waals surface area contributed by atoms with Gasteiger partial charge in [0.25, 0.3) is 0 Å². The van der Waals surface area contributed by atoms with Crippen LogP contribution in [0, 0.1) is 6.92 Å². The second kappa shape index (κ2) is 3.92. The molecule has 0 heterocycles. The van der Waals surface area contributed by atoms with Crippen molar-refractivity contribution in [3.63, 3.8) is 0 Å². The minimum Gasteiger partial charge on any atom is -0.539 e. The van der Waals surface area contributed by atoms with Gasteiger partial charge in [-0.25, -0.2) is 0 Å². The number of aryl methyl sites for hydroxylation is 1. The highest BCUT2D eigenvalue weighted by molar-refractivity contribution is 6.17. The van der Waals surface area contributed by atoms with Gasteiger partial charge in [0.05, 0.1) is 5.56 Å². The van der Waals surface area contributed by atoms with Crippen molar-refractivity contribution in [1.29, 1.82) is 0 Å². The van der Waals surface area contributed by atoms with Gasteiger partial charge in [-0.2, -0.15) is 13.2 Å². The Balaban J connectivity index is 3.06. The summed E-state index contributed by atoms with van der Waals surface area (Å²) in [5.74, 6) is 0.0438. The molecule has 0 aromatic heterocycles. The Bertz CT molecular complexity index is 325. The van der Waals surface area contributed by atoms with Crippen molar-refractivity contribution in [3.05, 3.63) is 29.3 Å². The van der Waals surface area contributed by atoms with Crippen molar-refractivity contribution >= 4 is 7.69 Å². The van der Waals surface area contributed by atoms with Gasteiger partial charge in [0.2, 0.25) is 0 Å². The van der Waals surface area contributed by atoms with Gasteiger partial charge in [-0.1, -0.05) is 6.07 Å². The van der Waals surface area contributed by atoms with Crippen LogP contribution >= 0.6 is 0 Å². The van der Waals surface area contributed by atoms with E-state index in [0.29, 0.717) is 5.56 Å². The van der Waals surface area contributed by atoms with E-state index >= 15 is 0 Å². The van der Waals surface area contributed by atoms with Crippen molar-refractivity contribution in [3.8, 4) is 5.75 Å². The Morgan fingerprint density at radius 1 is 1.36 bits per heavy atom. The van der Waals surface area contributed by atoms with Crippen molar-refractivity contribution in [2.24, 2.45) is 0 Å². The maximum atomic E-state index is 12.2. The lowest BCUT2D eigenvalue weighted by Crippen LogP contribution is -2.07. The number of halogens is 3. The van der Waals surface area contributed by atoms with E-state index in [9.17, 15) is 13.2 Å². The highest BCUT2D eigenvalue weighted by Gasteiger charge is 2.30. The SMILES string of the molecule is Cc1ccc(C(F)(F)F)cc1OBO. The summed E-state index contributed by atoms with van der Waals surface area (Å²) < 4.78 is 41.3. The molecular weight excluding hydrogens is 196 g/mol. The second-order valence-corrected chi connectivity index (χ2v) is 2.75. The Labute approximate surface area is 79.6 Å². The van der Waals surface area contributed by atoms with Gasteiger partial charge in [0.15, 0.2) is 0 Å². The van der Waals surface area contributed by atoms with E-state index in [1.54, 1.807) is 6.92 Å². The summed E-state index contributed by atoms with van der Waals surface area (Å²) in [4.78, 5) is 0. The van der Waals surface area contributed by atoms with Crippen LogP contribution in [0.2, 0.25) is 0 Å². The molecule has 0 radical (unpaired) electrons. The summed E-state index contributed by atoms with van der Waals surface area (Å²) in [6, 6.07) is 3.14. The highest BCUT2D eigenvalue weighted by Crippen LogP contribution is 2.32. The Morgan fingerprint density at radius 3 is 2.50 bits per heavy atom. The van der Waals surface area contributed by atoms with E-state index in [1.165, 1.54) is 6.07 Å². The molecule has 1 aromatic carbocycles. The number of hydrogen-bond acceptors (Lipinski definition) is 2. The third kappa shape index (κ3) is 2.41. The minimum absolute atomic E-state index is 0.0438. The third-order valence-corrected chi connectivity index (χ3v) is 1.74. The van der Waals surface area contributed by atoms with Gasteiger partial charge in [-0.3, -0.25) is 0 Å². The molecule has 1 rings (SSSR count). The van der Waals surface area contributed by atoms with E-state index in [0.717, 1.165) is 12.1 Å². The van der Waals surface area contributed by atoms with Gasteiger partial charge in [-0.15, -0.1) is 0 Å². The van der Waals surface area contributed by atoms with E-state index < -0.39 is 19.4 Å². The predicted molar refractivity (Wildman–Crippen MR) is 46.2 cm³/mol. The van der Waals surface area contributed by atoms with E-state index in [1.807, 2.05) is 0 Å². The first-order chi connectivity index (χ1) is 6.45. The number of benzene rings is 1. The molecule has 2 nitrogen and oxygen atoms in total. The summed E-state index contributed by atoms with van der Waals surface area (Å²) in [6.45, 7) is 1.60. The smallest absolute Gasteiger partial charge is 0.504 e. The van der Waals surface area contributed by atoms with Crippen LogP contribution in [-0.2, 0) is 6.18 Å². The maximum Gasteiger partial charge on any atom is 0.504 e. The molecule has 0 aliphatic carbocycles. The topological polar surface area (TPSA) is 29.5 Å². The van der Waals surface area contributed by atoms with Gasteiger partial charge >= 0.3 is 13.9 Å². The lowest BCUT2D eigenvalue weighted by atomic mass is 10.1. The largest absolute Gasteiger partial charge is 0.539 e. The Morgan fingerprint density at radius 2 is 2.00 bits per heavy atom. The summed E-state index contributed by atoms with van der Waals surface area (Å²) in [5, 5.41) is 8.43. The van der Waals surface area contributed by atoms with Gasteiger partial charge in [0, 0.05) is 0 Å². The fourth-order valence-electron chi connectivity index (χ4n) is 1.00. The first kappa shape index (κ1) is 10.9. The second-order valence-electron chi connectivity index (χ2n) is 2.75. The van der Waals surface area contributed by atoms with Gasteiger partial charge in [-0.05, 0) is 24.6 Å². The molecule has 0 saturated carbocycles. The third-order valence-electron chi connectivity index (χ3n) is 1.74. The predicted octanol–water partition coefficient (Wildman–Crippen LogP) is 1.65. The fraction of sp³-hybridized carbons (Fsp3) is 0.250. The fourth-order valence-corrected chi connectivity index (χ4v) is 1.00. The summed E-state index contributed by atoms with van der Waals surface area (Å²) in [5.41, 5.74) is -0.237. The van der Waals surface area contributed by atoms with Crippen LogP contribution in [0.4, 0.5) is 13.2 Å². The van der Waals surface area contributed by atoms with Crippen LogP contribution < -0.4 is 4.65 Å². The molecule has 0 fully saturated rings. The summed E-state index contributed by atoms with van der Waals surface area (Å²) in [7, 11) is -0.637. The molecule has 0 amide bonds. The van der Waals surface area contributed by atoms with Crippen molar-refractivity contribution < 1.29 is 22.8 Å². The normalized spacial score (nSPS) is 11.2. The molecule has 0 bridgehead atoms. The van der Waals surface area contributed by atoms with Gasteiger partial charge < -0.3 is 9.68 Å². The molecule has 1 N–H and O–H groups in total. The quantitative estimate of drug-likeness (QED) is 0.742. The van der Waals surface area contributed by atoms with Crippen LogP contribution in [0.3, 0.4) is 0 Å². The Hall–Kier alpha value is -1.17. The average Bonchev–Trinajstić information content (AvgIpc) is 2.07. The lowest BCUT2D eigenvalue weighted by Gasteiger charge is -2.11. The average molecular weight is 204 g/mol. The minimum atomic E-state index is -4.39. The number of hydrogen-bond donors (Lipinski definition) is 1. The van der Waals surface area contributed by atoms with Gasteiger partial charge in [0.1, 0.15) is 5.75 Å². The van der Waals surface area contributed by atoms with Crippen molar-refractivity contribution in [2.75, 3.05) is 0 Å². The first-order valence-electron chi connectivity index (χ1n) is 3.86. The van der Waals surface area contributed by atoms with Crippen LogP contribution in [0.5, 0.6) is 5.75 Å². The molecule has 0 saturated heterocycles. The van der Waals surface area contributed by atoms with Crippen LogP contribution in [0.1, 0.15) is 11.1 Å². The molecule has 1 aromatic rings. The lowest BCUT2D eigenvalue weighted by molar-refractivity contribution is -0.137. The zero-order chi connectivity index (χ0) is 10.8. The molecule has 0 unspecified atom stereocenters. The number of alkyl halides is 3. The van der Waals surface area contributed by atoms with Crippen molar-refractivity contribution in [1.82, 2.24) is 0 Å². The van der Waals surface area contributed by atoms with E-state index in [4.69, 9.17) is 5.02 Å². The van der Waals surface area contributed by atoms with Crippen LogP contribution in [0.25, 0.3) is 0 Å². The molecular formula is C8H8BF3O2. The van der Waals surface area contributed by atoms with Crippen molar-refractivity contribution in [2.45, 2.75) is 13.1 Å².